The number of hydrogen-bond donors (Lipinski definition) is 0. The summed E-state index contributed by atoms with van der Waals surface area (Å²) in [5.74, 6) is 5.02. The molecule has 0 spiro atoms. The lowest BCUT2D eigenvalue weighted by atomic mass is 10.1. The molecule has 0 saturated heterocycles. The van der Waals surface area contributed by atoms with E-state index in [1.807, 2.05) is 13.0 Å². The molecule has 60 valence electrons. The van der Waals surface area contributed by atoms with E-state index in [-0.39, 0.29) is 0 Å². The normalized spacial score (nSPS) is 8.50. The zero-order valence-electron chi connectivity index (χ0n) is 6.60. The lowest BCUT2D eigenvalue weighted by molar-refractivity contribution is -0.103. The van der Waals surface area contributed by atoms with E-state index in [9.17, 15) is 4.79 Å². The van der Waals surface area contributed by atoms with Gasteiger partial charge in [0.1, 0.15) is 0 Å². The predicted octanol–water partition coefficient (Wildman–Crippen LogP) is 2.20. The van der Waals surface area contributed by atoms with Gasteiger partial charge >= 0.3 is 0 Å². The van der Waals surface area contributed by atoms with Crippen LogP contribution in [0, 0.1) is 18.8 Å². The fraction of sp³-hybridized carbons (Fsp3) is 0.100. The molecule has 1 aromatic carbocycles. The highest BCUT2D eigenvalue weighted by Gasteiger charge is 1.93. The molecule has 0 fully saturated rings. The average molecular weight is 179 g/mol. The first-order valence-corrected chi connectivity index (χ1v) is 3.83. The summed E-state index contributed by atoms with van der Waals surface area (Å²) in [4.78, 5) is 9.93. The van der Waals surface area contributed by atoms with Crippen molar-refractivity contribution in [2.75, 3.05) is 0 Å². The van der Waals surface area contributed by atoms with Gasteiger partial charge in [0.25, 0.3) is 0 Å². The molecular formula is C10H7ClO. The number of benzene rings is 1. The third kappa shape index (κ3) is 2.11. The van der Waals surface area contributed by atoms with Crippen molar-refractivity contribution in [3.8, 4) is 11.8 Å². The van der Waals surface area contributed by atoms with Crippen LogP contribution in [0.4, 0.5) is 0 Å². The maximum absolute atomic E-state index is 9.93. The molecule has 0 heterocycles. The van der Waals surface area contributed by atoms with Crippen LogP contribution in [0.5, 0.6) is 0 Å². The number of aldehydes is 1. The molecule has 2 heteroatoms. The van der Waals surface area contributed by atoms with Crippen LogP contribution in [-0.2, 0) is 4.79 Å². The number of carbonyl (C=O) groups is 1. The Morgan fingerprint density at radius 1 is 1.50 bits per heavy atom. The molecule has 0 N–H and O–H groups in total. The van der Waals surface area contributed by atoms with Crippen molar-refractivity contribution < 1.29 is 4.79 Å². The van der Waals surface area contributed by atoms with Gasteiger partial charge in [0, 0.05) is 10.6 Å². The van der Waals surface area contributed by atoms with Gasteiger partial charge in [0.15, 0.2) is 6.29 Å². The second kappa shape index (κ2) is 3.94. The Morgan fingerprint density at radius 2 is 2.25 bits per heavy atom. The van der Waals surface area contributed by atoms with Crippen molar-refractivity contribution in [2.24, 2.45) is 0 Å². The summed E-state index contributed by atoms with van der Waals surface area (Å²) in [5, 5.41) is 0.714. The Kier molecular flexibility index (Phi) is 2.90. The molecule has 0 aromatic heterocycles. The topological polar surface area (TPSA) is 17.1 Å². The minimum Gasteiger partial charge on any atom is -0.289 e. The van der Waals surface area contributed by atoms with Crippen LogP contribution in [0.25, 0.3) is 0 Å². The van der Waals surface area contributed by atoms with Gasteiger partial charge in [-0.05, 0) is 36.6 Å². The lowest BCUT2D eigenvalue weighted by Gasteiger charge is -1.96. The molecule has 0 saturated carbocycles. The number of halogens is 1. The molecule has 0 bridgehead atoms. The first kappa shape index (κ1) is 8.83. The first-order chi connectivity index (χ1) is 5.74. The summed E-state index contributed by atoms with van der Waals surface area (Å²) < 4.78 is 0. The van der Waals surface area contributed by atoms with Gasteiger partial charge in [-0.2, -0.15) is 0 Å². The lowest BCUT2D eigenvalue weighted by Crippen LogP contribution is -1.78. The monoisotopic (exact) mass is 178 g/mol. The third-order valence-electron chi connectivity index (χ3n) is 1.43. The average Bonchev–Trinajstić information content (AvgIpc) is 2.07. The van der Waals surface area contributed by atoms with Gasteiger partial charge in [-0.25, -0.2) is 0 Å². The molecule has 12 heavy (non-hydrogen) atoms. The molecule has 0 aliphatic rings. The fourth-order valence-corrected chi connectivity index (χ4v) is 0.953. The van der Waals surface area contributed by atoms with E-state index in [4.69, 9.17) is 11.6 Å². The van der Waals surface area contributed by atoms with Crippen molar-refractivity contribution in [3.05, 3.63) is 34.3 Å². The quantitative estimate of drug-likeness (QED) is 0.440. The van der Waals surface area contributed by atoms with Crippen LogP contribution < -0.4 is 0 Å². The Labute approximate surface area is 76.4 Å². The summed E-state index contributed by atoms with van der Waals surface area (Å²) in [6, 6.07) is 5.40. The van der Waals surface area contributed by atoms with Crippen LogP contribution in [0.1, 0.15) is 11.1 Å². The minimum atomic E-state index is 0.573. The van der Waals surface area contributed by atoms with Gasteiger partial charge in [0.05, 0.1) is 0 Å². The molecule has 1 aromatic rings. The van der Waals surface area contributed by atoms with E-state index in [0.717, 1.165) is 11.1 Å². The maximum Gasteiger partial charge on any atom is 0.193 e. The fourth-order valence-electron chi connectivity index (χ4n) is 0.835. The molecule has 0 radical (unpaired) electrons. The summed E-state index contributed by atoms with van der Waals surface area (Å²) in [7, 11) is 0. The molecular weight excluding hydrogens is 172 g/mol. The zero-order valence-corrected chi connectivity index (χ0v) is 7.35. The molecule has 0 atom stereocenters. The smallest absolute Gasteiger partial charge is 0.193 e. The SMILES string of the molecule is Cc1cc(C#CC=O)ccc1Cl. The Morgan fingerprint density at radius 3 is 2.83 bits per heavy atom. The maximum atomic E-state index is 9.93. The summed E-state index contributed by atoms with van der Waals surface area (Å²) in [6.07, 6.45) is 0.573. The second-order valence-electron chi connectivity index (χ2n) is 2.35. The van der Waals surface area contributed by atoms with Gasteiger partial charge in [-0.1, -0.05) is 17.5 Å². The molecule has 1 nitrogen and oxygen atoms in total. The van der Waals surface area contributed by atoms with Crippen LogP contribution in [-0.4, -0.2) is 6.29 Å². The van der Waals surface area contributed by atoms with Gasteiger partial charge in [-0.3, -0.25) is 4.79 Å². The number of carbonyl (C=O) groups excluding carboxylic acids is 1. The van der Waals surface area contributed by atoms with Crippen molar-refractivity contribution in [3.63, 3.8) is 0 Å². The Hall–Kier alpha value is -1.26. The zero-order chi connectivity index (χ0) is 8.97. The number of aryl methyl sites for hydroxylation is 1. The highest BCUT2D eigenvalue weighted by Crippen LogP contribution is 2.15. The van der Waals surface area contributed by atoms with Crippen molar-refractivity contribution >= 4 is 17.9 Å². The van der Waals surface area contributed by atoms with E-state index >= 15 is 0 Å². The van der Waals surface area contributed by atoms with Gasteiger partial charge in [-0.15, -0.1) is 0 Å². The van der Waals surface area contributed by atoms with Crippen LogP contribution >= 0.6 is 11.6 Å². The minimum absolute atomic E-state index is 0.573. The molecule has 0 aliphatic heterocycles. The molecule has 0 aliphatic carbocycles. The van der Waals surface area contributed by atoms with Crippen LogP contribution in [0.3, 0.4) is 0 Å². The van der Waals surface area contributed by atoms with E-state index < -0.39 is 0 Å². The largest absolute Gasteiger partial charge is 0.289 e. The highest BCUT2D eigenvalue weighted by molar-refractivity contribution is 6.31. The van der Waals surface area contributed by atoms with Crippen molar-refractivity contribution in [2.45, 2.75) is 6.92 Å². The number of hydrogen-bond acceptors (Lipinski definition) is 1. The first-order valence-electron chi connectivity index (χ1n) is 3.45. The predicted molar refractivity (Wildman–Crippen MR) is 49.1 cm³/mol. The third-order valence-corrected chi connectivity index (χ3v) is 1.86. The van der Waals surface area contributed by atoms with E-state index in [0.29, 0.717) is 11.3 Å². The summed E-state index contributed by atoms with van der Waals surface area (Å²) >= 11 is 5.80. The summed E-state index contributed by atoms with van der Waals surface area (Å²) in [6.45, 7) is 1.90. The van der Waals surface area contributed by atoms with E-state index in [1.165, 1.54) is 0 Å². The van der Waals surface area contributed by atoms with Crippen molar-refractivity contribution in [1.82, 2.24) is 0 Å². The van der Waals surface area contributed by atoms with Gasteiger partial charge in [0.2, 0.25) is 0 Å². The molecule has 1 rings (SSSR count). The van der Waals surface area contributed by atoms with E-state index in [2.05, 4.69) is 11.8 Å². The summed E-state index contributed by atoms with van der Waals surface area (Å²) in [5.41, 5.74) is 1.78. The van der Waals surface area contributed by atoms with Crippen molar-refractivity contribution in [1.29, 1.82) is 0 Å². The van der Waals surface area contributed by atoms with Gasteiger partial charge < -0.3 is 0 Å². The van der Waals surface area contributed by atoms with E-state index in [1.54, 1.807) is 12.1 Å². The Balaban J connectivity index is 3.04. The Bertz CT molecular complexity index is 358. The van der Waals surface area contributed by atoms with Crippen LogP contribution in [0.2, 0.25) is 5.02 Å². The second-order valence-corrected chi connectivity index (χ2v) is 2.76. The molecule has 0 unspecified atom stereocenters. The number of rotatable bonds is 0. The van der Waals surface area contributed by atoms with Crippen LogP contribution in [0.15, 0.2) is 18.2 Å². The molecule has 0 amide bonds. The highest BCUT2D eigenvalue weighted by atomic mass is 35.5. The standard InChI is InChI=1S/C10H7ClO/c1-8-7-9(3-2-6-12)4-5-10(8)11/h4-7H,1H3.